The van der Waals surface area contributed by atoms with E-state index >= 15 is 0 Å². The van der Waals surface area contributed by atoms with Crippen molar-refractivity contribution in [3.05, 3.63) is 24.0 Å². The van der Waals surface area contributed by atoms with Gasteiger partial charge in [0.15, 0.2) is 0 Å². The molecule has 2 rings (SSSR count). The normalized spacial score (nSPS) is 22.1. The molecule has 1 fully saturated rings. The number of rotatable bonds is 5. The lowest BCUT2D eigenvalue weighted by atomic mass is 9.82. The van der Waals surface area contributed by atoms with Gasteiger partial charge in [-0.15, -0.1) is 0 Å². The van der Waals surface area contributed by atoms with Gasteiger partial charge in [-0.2, -0.15) is 0 Å². The van der Waals surface area contributed by atoms with E-state index in [0.717, 1.165) is 37.4 Å². The average molecular weight is 247 g/mol. The number of amides is 1. The molecule has 0 saturated heterocycles. The van der Waals surface area contributed by atoms with Crippen LogP contribution in [0.25, 0.3) is 0 Å². The van der Waals surface area contributed by atoms with Gasteiger partial charge in [0, 0.05) is 25.0 Å². The summed E-state index contributed by atoms with van der Waals surface area (Å²) in [5, 5.41) is 6.32. The quantitative estimate of drug-likeness (QED) is 0.840. The molecule has 0 atom stereocenters. The molecule has 0 aromatic carbocycles. The molecule has 4 nitrogen and oxygen atoms in total. The third kappa shape index (κ3) is 3.00. The predicted molar refractivity (Wildman–Crippen MR) is 72.7 cm³/mol. The highest BCUT2D eigenvalue weighted by atomic mass is 16.1. The number of carbonyl (C=O) groups is 1. The Morgan fingerprint density at radius 1 is 1.50 bits per heavy atom. The van der Waals surface area contributed by atoms with E-state index in [1.807, 2.05) is 6.07 Å². The summed E-state index contributed by atoms with van der Waals surface area (Å²) in [5.41, 5.74) is 1.52. The van der Waals surface area contributed by atoms with Crippen molar-refractivity contribution in [3.63, 3.8) is 0 Å². The first-order valence-corrected chi connectivity index (χ1v) is 6.69. The van der Waals surface area contributed by atoms with Gasteiger partial charge in [0.05, 0.1) is 11.3 Å². The number of hydrogen-bond acceptors (Lipinski definition) is 3. The Balaban J connectivity index is 2.00. The van der Waals surface area contributed by atoms with Gasteiger partial charge in [-0.05, 0) is 31.2 Å². The van der Waals surface area contributed by atoms with Crippen LogP contribution in [-0.2, 0) is 0 Å². The van der Waals surface area contributed by atoms with Gasteiger partial charge >= 0.3 is 0 Å². The zero-order chi connectivity index (χ0) is 13.0. The van der Waals surface area contributed by atoms with Crippen LogP contribution in [0.1, 0.15) is 43.5 Å². The number of aromatic nitrogens is 1. The molecule has 0 bridgehead atoms. The summed E-state index contributed by atoms with van der Waals surface area (Å²) in [6.07, 6.45) is 6.55. The summed E-state index contributed by atoms with van der Waals surface area (Å²) in [7, 11) is 0. The number of anilines is 1. The molecule has 0 spiro atoms. The highest BCUT2D eigenvalue weighted by Gasteiger charge is 2.27. The third-order valence-electron chi connectivity index (χ3n) is 3.34. The van der Waals surface area contributed by atoms with Crippen LogP contribution in [0.5, 0.6) is 0 Å². The maximum atomic E-state index is 12.1. The number of nitrogens with zero attached hydrogens (tertiary/aromatic N) is 1. The van der Waals surface area contributed by atoms with Crippen LogP contribution in [0.4, 0.5) is 5.69 Å². The SMILES string of the molecule is CCCNc1ccncc1C(=O)NC1CC(C)C1. The summed E-state index contributed by atoms with van der Waals surface area (Å²) < 4.78 is 0. The molecule has 1 aromatic heterocycles. The minimum atomic E-state index is -0.0152. The molecule has 0 radical (unpaired) electrons. The van der Waals surface area contributed by atoms with Crippen molar-refractivity contribution in [2.45, 2.75) is 39.2 Å². The lowest BCUT2D eigenvalue weighted by Gasteiger charge is -2.33. The van der Waals surface area contributed by atoms with E-state index in [9.17, 15) is 4.79 Å². The predicted octanol–water partition coefficient (Wildman–Crippen LogP) is 2.43. The van der Waals surface area contributed by atoms with E-state index in [4.69, 9.17) is 0 Å². The topological polar surface area (TPSA) is 54.0 Å². The van der Waals surface area contributed by atoms with Gasteiger partial charge in [0.25, 0.3) is 5.91 Å². The lowest BCUT2D eigenvalue weighted by molar-refractivity contribution is 0.0896. The first-order valence-electron chi connectivity index (χ1n) is 6.69. The van der Waals surface area contributed by atoms with E-state index in [1.54, 1.807) is 12.4 Å². The Kier molecular flexibility index (Phi) is 4.18. The second-order valence-corrected chi connectivity index (χ2v) is 5.09. The fourth-order valence-electron chi connectivity index (χ4n) is 2.27. The van der Waals surface area contributed by atoms with Crippen molar-refractivity contribution < 1.29 is 4.79 Å². The van der Waals surface area contributed by atoms with Crippen molar-refractivity contribution in [2.75, 3.05) is 11.9 Å². The second-order valence-electron chi connectivity index (χ2n) is 5.09. The Labute approximate surface area is 108 Å². The molecule has 1 saturated carbocycles. The van der Waals surface area contributed by atoms with Gasteiger partial charge in [-0.3, -0.25) is 9.78 Å². The monoisotopic (exact) mass is 247 g/mol. The smallest absolute Gasteiger partial charge is 0.255 e. The molecule has 4 heteroatoms. The van der Waals surface area contributed by atoms with Crippen molar-refractivity contribution in [3.8, 4) is 0 Å². The van der Waals surface area contributed by atoms with Gasteiger partial charge in [-0.1, -0.05) is 13.8 Å². The maximum absolute atomic E-state index is 12.1. The molecule has 18 heavy (non-hydrogen) atoms. The summed E-state index contributed by atoms with van der Waals surface area (Å²) >= 11 is 0. The molecule has 1 aliphatic rings. The van der Waals surface area contributed by atoms with Gasteiger partial charge < -0.3 is 10.6 Å². The highest BCUT2D eigenvalue weighted by Crippen LogP contribution is 2.26. The Bertz CT molecular complexity index is 413. The van der Waals surface area contributed by atoms with E-state index in [2.05, 4.69) is 29.5 Å². The van der Waals surface area contributed by atoms with E-state index in [-0.39, 0.29) is 5.91 Å². The average Bonchev–Trinajstić information content (AvgIpc) is 2.34. The summed E-state index contributed by atoms with van der Waals surface area (Å²) in [5.74, 6) is 0.723. The number of nitrogens with one attached hydrogen (secondary N) is 2. The van der Waals surface area contributed by atoms with Crippen LogP contribution >= 0.6 is 0 Å². The second kappa shape index (κ2) is 5.85. The summed E-state index contributed by atoms with van der Waals surface area (Å²) in [6.45, 7) is 5.18. The number of pyridine rings is 1. The third-order valence-corrected chi connectivity index (χ3v) is 3.34. The van der Waals surface area contributed by atoms with Crippen molar-refractivity contribution in [2.24, 2.45) is 5.92 Å². The maximum Gasteiger partial charge on any atom is 0.255 e. The first-order chi connectivity index (χ1) is 8.70. The van der Waals surface area contributed by atoms with Crippen molar-refractivity contribution in [1.29, 1.82) is 0 Å². The molecular formula is C14H21N3O. The Morgan fingerprint density at radius 2 is 2.28 bits per heavy atom. The molecule has 98 valence electrons. The van der Waals surface area contributed by atoms with Crippen molar-refractivity contribution >= 4 is 11.6 Å². The zero-order valence-electron chi connectivity index (χ0n) is 11.1. The Morgan fingerprint density at radius 3 is 2.94 bits per heavy atom. The largest absolute Gasteiger partial charge is 0.384 e. The number of carbonyl (C=O) groups excluding carboxylic acids is 1. The van der Waals surface area contributed by atoms with Crippen molar-refractivity contribution in [1.82, 2.24) is 10.3 Å². The number of hydrogen-bond donors (Lipinski definition) is 2. The zero-order valence-corrected chi connectivity index (χ0v) is 11.1. The standard InChI is InChI=1S/C14H21N3O/c1-3-5-16-13-4-6-15-9-12(13)14(18)17-11-7-10(2)8-11/h4,6,9-11H,3,5,7-8H2,1-2H3,(H,15,16)(H,17,18). The molecule has 1 aliphatic carbocycles. The van der Waals surface area contributed by atoms with Gasteiger partial charge in [0.2, 0.25) is 0 Å². The van der Waals surface area contributed by atoms with E-state index < -0.39 is 0 Å². The van der Waals surface area contributed by atoms with Crippen LogP contribution < -0.4 is 10.6 Å². The molecule has 1 amide bonds. The van der Waals surface area contributed by atoms with Crippen LogP contribution in [0.3, 0.4) is 0 Å². The molecular weight excluding hydrogens is 226 g/mol. The molecule has 0 unspecified atom stereocenters. The van der Waals surface area contributed by atoms with Crippen LogP contribution in [0, 0.1) is 5.92 Å². The summed E-state index contributed by atoms with van der Waals surface area (Å²) in [4.78, 5) is 16.2. The fourth-order valence-corrected chi connectivity index (χ4v) is 2.27. The fraction of sp³-hybridized carbons (Fsp3) is 0.571. The molecule has 1 heterocycles. The molecule has 0 aliphatic heterocycles. The molecule has 2 N–H and O–H groups in total. The van der Waals surface area contributed by atoms with Crippen LogP contribution in [-0.4, -0.2) is 23.5 Å². The molecule has 1 aromatic rings. The minimum absolute atomic E-state index is 0.0152. The first kappa shape index (κ1) is 12.9. The van der Waals surface area contributed by atoms with Crippen LogP contribution in [0.2, 0.25) is 0 Å². The van der Waals surface area contributed by atoms with Crippen LogP contribution in [0.15, 0.2) is 18.5 Å². The van der Waals surface area contributed by atoms with Gasteiger partial charge in [-0.25, -0.2) is 0 Å². The highest BCUT2D eigenvalue weighted by molar-refractivity contribution is 5.99. The Hall–Kier alpha value is -1.58. The van der Waals surface area contributed by atoms with E-state index in [1.165, 1.54) is 0 Å². The minimum Gasteiger partial charge on any atom is -0.384 e. The summed E-state index contributed by atoms with van der Waals surface area (Å²) in [6, 6.07) is 2.19. The lowest BCUT2D eigenvalue weighted by Crippen LogP contribution is -2.43. The van der Waals surface area contributed by atoms with E-state index in [0.29, 0.717) is 11.6 Å². The van der Waals surface area contributed by atoms with Gasteiger partial charge in [0.1, 0.15) is 0 Å².